The molecule has 0 spiro atoms. The van der Waals surface area contributed by atoms with Crippen LogP contribution in [0, 0.1) is 23.7 Å². The Hall–Kier alpha value is -0.520. The third-order valence-electron chi connectivity index (χ3n) is 2.47. The average molecular weight is 182 g/mol. The van der Waals surface area contributed by atoms with Crippen LogP contribution in [0.2, 0.25) is 0 Å². The first-order valence-electron chi connectivity index (χ1n) is 4.80. The maximum absolute atomic E-state index is 5.08. The highest BCUT2D eigenvalue weighted by molar-refractivity contribution is 5.01. The highest BCUT2D eigenvalue weighted by atomic mass is 16.5. The maximum atomic E-state index is 5.08. The molecule has 0 heterocycles. The van der Waals surface area contributed by atoms with E-state index in [0.29, 0.717) is 6.61 Å². The zero-order chi connectivity index (χ0) is 9.52. The molecule has 0 unspecified atom stereocenters. The summed E-state index contributed by atoms with van der Waals surface area (Å²) in [6.45, 7) is 1.48. The number of hydrogen-bond donors (Lipinski definition) is 0. The van der Waals surface area contributed by atoms with Crippen molar-refractivity contribution < 1.29 is 9.47 Å². The summed E-state index contributed by atoms with van der Waals surface area (Å²) in [5.41, 5.74) is 0. The van der Waals surface area contributed by atoms with Crippen LogP contribution in [-0.2, 0) is 9.47 Å². The van der Waals surface area contributed by atoms with Crippen molar-refractivity contribution in [3.05, 3.63) is 0 Å². The van der Waals surface area contributed by atoms with Crippen LogP contribution >= 0.6 is 0 Å². The molecule has 2 heteroatoms. The molecule has 1 aliphatic rings. The lowest BCUT2D eigenvalue weighted by Gasteiger charge is -2.33. The topological polar surface area (TPSA) is 18.5 Å². The van der Waals surface area contributed by atoms with E-state index in [-0.39, 0.29) is 0 Å². The van der Waals surface area contributed by atoms with Gasteiger partial charge in [-0.1, -0.05) is 5.92 Å². The number of hydrogen-bond acceptors (Lipinski definition) is 2. The molecule has 0 bridgehead atoms. The lowest BCUT2D eigenvalue weighted by Crippen LogP contribution is -2.26. The Morgan fingerprint density at radius 1 is 1.08 bits per heavy atom. The molecule has 1 aliphatic carbocycles. The molecule has 0 aromatic carbocycles. The second kappa shape index (κ2) is 6.01. The molecule has 0 aromatic rings. The summed E-state index contributed by atoms with van der Waals surface area (Å²) in [5.74, 6) is 7.71. The number of ether oxygens (including phenoxy) is 2. The first-order valence-corrected chi connectivity index (χ1v) is 4.80. The van der Waals surface area contributed by atoms with Gasteiger partial charge in [0.25, 0.3) is 0 Å². The molecule has 0 aromatic heterocycles. The fourth-order valence-electron chi connectivity index (χ4n) is 1.75. The zero-order valence-corrected chi connectivity index (χ0v) is 8.51. The molecule has 0 N–H and O–H groups in total. The second-order valence-corrected chi connectivity index (χ2v) is 3.65. The van der Waals surface area contributed by atoms with Crippen molar-refractivity contribution in [2.24, 2.45) is 11.8 Å². The largest absolute Gasteiger partial charge is 0.384 e. The van der Waals surface area contributed by atoms with Crippen molar-refractivity contribution >= 4 is 0 Å². The molecular formula is C11H18O2. The van der Waals surface area contributed by atoms with Gasteiger partial charge in [-0.3, -0.25) is 0 Å². The summed E-state index contributed by atoms with van der Waals surface area (Å²) in [5, 5.41) is 0. The summed E-state index contributed by atoms with van der Waals surface area (Å²) in [4.78, 5) is 0. The van der Waals surface area contributed by atoms with E-state index in [1.165, 1.54) is 12.8 Å². The van der Waals surface area contributed by atoms with E-state index in [1.54, 1.807) is 14.2 Å². The highest BCUT2D eigenvalue weighted by Crippen LogP contribution is 2.35. The fourth-order valence-corrected chi connectivity index (χ4v) is 1.75. The van der Waals surface area contributed by atoms with Gasteiger partial charge in [0, 0.05) is 27.2 Å². The smallest absolute Gasteiger partial charge is 0.107 e. The molecule has 2 nitrogen and oxygen atoms in total. The third-order valence-corrected chi connectivity index (χ3v) is 2.47. The van der Waals surface area contributed by atoms with Crippen molar-refractivity contribution in [2.45, 2.75) is 19.3 Å². The van der Waals surface area contributed by atoms with E-state index in [2.05, 4.69) is 11.8 Å². The van der Waals surface area contributed by atoms with Crippen molar-refractivity contribution in [1.82, 2.24) is 0 Å². The summed E-state index contributed by atoms with van der Waals surface area (Å²) in [7, 11) is 3.44. The first-order chi connectivity index (χ1) is 6.36. The molecule has 1 rings (SSSR count). The van der Waals surface area contributed by atoms with Crippen LogP contribution in [0.1, 0.15) is 19.3 Å². The highest BCUT2D eigenvalue weighted by Gasteiger charge is 2.27. The van der Waals surface area contributed by atoms with E-state index in [4.69, 9.17) is 9.47 Å². The van der Waals surface area contributed by atoms with Gasteiger partial charge in [-0.25, -0.2) is 0 Å². The molecule has 0 aliphatic heterocycles. The molecule has 0 saturated heterocycles. The molecule has 74 valence electrons. The SMILES string of the molecule is COCC#CCC1CC(COC)C1. The van der Waals surface area contributed by atoms with Gasteiger partial charge in [-0.05, 0) is 24.7 Å². The van der Waals surface area contributed by atoms with E-state index >= 15 is 0 Å². The maximum Gasteiger partial charge on any atom is 0.107 e. The average Bonchev–Trinajstić information content (AvgIpc) is 2.07. The van der Waals surface area contributed by atoms with Crippen LogP contribution in [0.5, 0.6) is 0 Å². The van der Waals surface area contributed by atoms with Crippen LogP contribution in [0.15, 0.2) is 0 Å². The summed E-state index contributed by atoms with van der Waals surface area (Å²) in [6.07, 6.45) is 3.61. The third kappa shape index (κ3) is 3.80. The van der Waals surface area contributed by atoms with E-state index < -0.39 is 0 Å². The Morgan fingerprint density at radius 2 is 1.85 bits per heavy atom. The summed E-state index contributed by atoms with van der Waals surface area (Å²) < 4.78 is 9.92. The van der Waals surface area contributed by atoms with Crippen LogP contribution in [0.3, 0.4) is 0 Å². The monoisotopic (exact) mass is 182 g/mol. The van der Waals surface area contributed by atoms with Gasteiger partial charge in [-0.15, -0.1) is 5.92 Å². The normalized spacial score (nSPS) is 26.0. The van der Waals surface area contributed by atoms with Crippen LogP contribution in [0.25, 0.3) is 0 Å². The lowest BCUT2D eigenvalue weighted by molar-refractivity contribution is 0.0755. The number of methoxy groups -OCH3 is 2. The second-order valence-electron chi connectivity index (χ2n) is 3.65. The van der Waals surface area contributed by atoms with Gasteiger partial charge in [0.2, 0.25) is 0 Å². The zero-order valence-electron chi connectivity index (χ0n) is 8.51. The van der Waals surface area contributed by atoms with E-state index in [1.807, 2.05) is 0 Å². The predicted octanol–water partition coefficient (Wildman–Crippen LogP) is 1.70. The Balaban J connectivity index is 1.99. The molecule has 0 atom stereocenters. The minimum absolute atomic E-state index is 0.564. The lowest BCUT2D eigenvalue weighted by atomic mass is 9.74. The summed E-state index contributed by atoms with van der Waals surface area (Å²) >= 11 is 0. The van der Waals surface area contributed by atoms with E-state index in [9.17, 15) is 0 Å². The molecule has 0 radical (unpaired) electrons. The fraction of sp³-hybridized carbons (Fsp3) is 0.818. The van der Waals surface area contributed by atoms with Gasteiger partial charge >= 0.3 is 0 Å². The molecule has 1 saturated carbocycles. The van der Waals surface area contributed by atoms with Crippen molar-refractivity contribution in [2.75, 3.05) is 27.4 Å². The summed E-state index contributed by atoms with van der Waals surface area (Å²) in [6, 6.07) is 0. The van der Waals surface area contributed by atoms with Gasteiger partial charge < -0.3 is 9.47 Å². The minimum atomic E-state index is 0.564. The van der Waals surface area contributed by atoms with Crippen LogP contribution < -0.4 is 0 Å². The number of rotatable bonds is 4. The van der Waals surface area contributed by atoms with Crippen LogP contribution in [0.4, 0.5) is 0 Å². The van der Waals surface area contributed by atoms with Gasteiger partial charge in [0.1, 0.15) is 6.61 Å². The minimum Gasteiger partial charge on any atom is -0.384 e. The Morgan fingerprint density at radius 3 is 2.46 bits per heavy atom. The Bertz CT molecular complexity index is 184. The Kier molecular flexibility index (Phi) is 4.88. The molecule has 1 fully saturated rings. The molecule has 13 heavy (non-hydrogen) atoms. The quantitative estimate of drug-likeness (QED) is 0.616. The van der Waals surface area contributed by atoms with Crippen molar-refractivity contribution in [1.29, 1.82) is 0 Å². The first kappa shape index (κ1) is 10.6. The van der Waals surface area contributed by atoms with Gasteiger partial charge in [0.15, 0.2) is 0 Å². The standard InChI is InChI=1S/C11H18O2/c1-12-6-4-3-5-10-7-11(8-10)9-13-2/h10-11H,5-9H2,1-2H3. The molecular weight excluding hydrogens is 164 g/mol. The van der Waals surface area contributed by atoms with Crippen molar-refractivity contribution in [3.63, 3.8) is 0 Å². The molecule has 0 amide bonds. The van der Waals surface area contributed by atoms with Gasteiger partial charge in [-0.2, -0.15) is 0 Å². The Labute approximate surface area is 80.6 Å². The van der Waals surface area contributed by atoms with Crippen LogP contribution in [-0.4, -0.2) is 27.4 Å². The van der Waals surface area contributed by atoms with E-state index in [0.717, 1.165) is 24.9 Å². The predicted molar refractivity (Wildman–Crippen MR) is 52.4 cm³/mol. The van der Waals surface area contributed by atoms with Gasteiger partial charge in [0.05, 0.1) is 0 Å². The van der Waals surface area contributed by atoms with Crippen molar-refractivity contribution in [3.8, 4) is 11.8 Å².